The lowest BCUT2D eigenvalue weighted by Crippen LogP contribution is -2.12. The minimum Gasteiger partial charge on any atom is -0.493 e. The number of hydrogen-bond donors (Lipinski definition) is 1. The highest BCUT2D eigenvalue weighted by atomic mass is 16.5. The van der Waals surface area contributed by atoms with E-state index in [4.69, 9.17) is 18.6 Å². The van der Waals surface area contributed by atoms with Crippen molar-refractivity contribution in [3.05, 3.63) is 102 Å². The van der Waals surface area contributed by atoms with Gasteiger partial charge in [0.25, 0.3) is 5.91 Å². The van der Waals surface area contributed by atoms with E-state index in [2.05, 4.69) is 10.3 Å². The number of carbonyl (C=O) groups excluding carboxylic acids is 1. The summed E-state index contributed by atoms with van der Waals surface area (Å²) in [5, 5.41) is 2.92. The van der Waals surface area contributed by atoms with E-state index < -0.39 is 0 Å². The van der Waals surface area contributed by atoms with Gasteiger partial charge < -0.3 is 23.9 Å². The van der Waals surface area contributed by atoms with E-state index >= 15 is 0 Å². The fraction of sp³-hybridized carbons (Fsp3) is 0.103. The Labute approximate surface area is 208 Å². The number of carbonyl (C=O) groups is 1. The highest BCUT2D eigenvalue weighted by Crippen LogP contribution is 2.33. The van der Waals surface area contributed by atoms with Gasteiger partial charge in [-0.15, -0.1) is 0 Å². The zero-order valence-electron chi connectivity index (χ0n) is 19.9. The molecule has 0 aliphatic heterocycles. The second kappa shape index (κ2) is 10.2. The molecule has 7 heteroatoms. The Morgan fingerprint density at radius 3 is 2.50 bits per heavy atom. The number of amides is 1. The average Bonchev–Trinajstić information content (AvgIpc) is 3.36. The summed E-state index contributed by atoms with van der Waals surface area (Å²) in [7, 11) is 3.16. The number of benzene rings is 4. The third-order valence-electron chi connectivity index (χ3n) is 5.62. The van der Waals surface area contributed by atoms with Crippen molar-refractivity contribution in [1.82, 2.24) is 4.98 Å². The fourth-order valence-electron chi connectivity index (χ4n) is 3.77. The Hall–Kier alpha value is -4.78. The van der Waals surface area contributed by atoms with Crippen molar-refractivity contribution in [2.24, 2.45) is 0 Å². The Morgan fingerprint density at radius 2 is 1.69 bits per heavy atom. The van der Waals surface area contributed by atoms with E-state index in [9.17, 15) is 4.79 Å². The van der Waals surface area contributed by atoms with E-state index in [0.717, 1.165) is 11.1 Å². The molecule has 0 atom stereocenters. The molecule has 0 bridgehead atoms. The monoisotopic (exact) mass is 480 g/mol. The van der Waals surface area contributed by atoms with Crippen LogP contribution in [0.5, 0.6) is 17.2 Å². The van der Waals surface area contributed by atoms with Crippen LogP contribution in [0.2, 0.25) is 0 Å². The minimum atomic E-state index is -0.247. The van der Waals surface area contributed by atoms with Gasteiger partial charge in [-0.25, -0.2) is 4.98 Å². The lowest BCUT2D eigenvalue weighted by Gasteiger charge is -2.09. The third kappa shape index (κ3) is 5.00. The molecule has 1 heterocycles. The van der Waals surface area contributed by atoms with E-state index in [1.807, 2.05) is 42.5 Å². The Morgan fingerprint density at radius 1 is 0.861 bits per heavy atom. The zero-order valence-corrected chi connectivity index (χ0v) is 19.9. The summed E-state index contributed by atoms with van der Waals surface area (Å²) >= 11 is 0. The second-order valence-electron chi connectivity index (χ2n) is 8.03. The summed E-state index contributed by atoms with van der Waals surface area (Å²) < 4.78 is 22.4. The molecule has 5 rings (SSSR count). The van der Waals surface area contributed by atoms with Crippen LogP contribution in [0.4, 0.5) is 5.69 Å². The molecule has 1 N–H and O–H groups in total. The molecule has 7 nitrogen and oxygen atoms in total. The Bertz CT molecular complexity index is 1510. The maximum Gasteiger partial charge on any atom is 0.255 e. The molecule has 0 saturated heterocycles. The number of nitrogens with one attached hydrogen (secondary N) is 1. The van der Waals surface area contributed by atoms with Crippen LogP contribution in [0.15, 0.2) is 95.4 Å². The minimum absolute atomic E-state index is 0.247. The van der Waals surface area contributed by atoms with Gasteiger partial charge in [0.1, 0.15) is 17.9 Å². The molecule has 0 unspecified atom stereocenters. The predicted octanol–water partition coefficient (Wildman–Crippen LogP) is 6.34. The van der Waals surface area contributed by atoms with Crippen molar-refractivity contribution in [2.45, 2.75) is 6.61 Å². The molecular formula is C29H24N2O5. The van der Waals surface area contributed by atoms with E-state index in [1.54, 1.807) is 62.8 Å². The van der Waals surface area contributed by atoms with Gasteiger partial charge in [0.2, 0.25) is 5.89 Å². The second-order valence-corrected chi connectivity index (χ2v) is 8.03. The maximum atomic E-state index is 12.9. The van der Waals surface area contributed by atoms with Crippen molar-refractivity contribution >= 4 is 22.7 Å². The van der Waals surface area contributed by atoms with E-state index in [-0.39, 0.29) is 5.91 Å². The van der Waals surface area contributed by atoms with Crippen LogP contribution in [0.3, 0.4) is 0 Å². The Kier molecular flexibility index (Phi) is 6.53. The van der Waals surface area contributed by atoms with Gasteiger partial charge in [0.05, 0.1) is 14.2 Å². The molecule has 0 aliphatic carbocycles. The van der Waals surface area contributed by atoms with Crippen molar-refractivity contribution < 1.29 is 23.4 Å². The summed E-state index contributed by atoms with van der Waals surface area (Å²) in [6, 6.07) is 27.8. The molecule has 36 heavy (non-hydrogen) atoms. The van der Waals surface area contributed by atoms with Gasteiger partial charge in [-0.3, -0.25) is 4.79 Å². The number of nitrogens with zero attached hydrogens (tertiary/aromatic N) is 1. The summed E-state index contributed by atoms with van der Waals surface area (Å²) in [6.07, 6.45) is 0. The van der Waals surface area contributed by atoms with Crippen LogP contribution in [0.25, 0.3) is 22.6 Å². The van der Waals surface area contributed by atoms with Crippen LogP contribution in [-0.4, -0.2) is 25.1 Å². The van der Waals surface area contributed by atoms with Crippen molar-refractivity contribution in [1.29, 1.82) is 0 Å². The predicted molar refractivity (Wildman–Crippen MR) is 138 cm³/mol. The first-order valence-electron chi connectivity index (χ1n) is 11.3. The largest absolute Gasteiger partial charge is 0.493 e. The zero-order chi connectivity index (χ0) is 24.9. The molecule has 0 fully saturated rings. The maximum absolute atomic E-state index is 12.9. The van der Waals surface area contributed by atoms with Crippen LogP contribution in [0, 0.1) is 0 Å². The lowest BCUT2D eigenvalue weighted by molar-refractivity contribution is 0.102. The smallest absolute Gasteiger partial charge is 0.255 e. The average molecular weight is 481 g/mol. The standard InChI is InChI=1S/C29H24N2O5/c1-33-26-13-11-21(16-27(26)34-2)29-31-24-17-22(12-14-25(24)36-29)30-28(32)20-9-6-10-23(15-20)35-18-19-7-4-3-5-8-19/h3-17H,18H2,1-2H3,(H,30,32). The number of hydrogen-bond acceptors (Lipinski definition) is 6. The lowest BCUT2D eigenvalue weighted by atomic mass is 10.2. The number of fused-ring (bicyclic) bond motifs is 1. The third-order valence-corrected chi connectivity index (χ3v) is 5.62. The van der Waals surface area contributed by atoms with Crippen molar-refractivity contribution in [3.63, 3.8) is 0 Å². The number of rotatable bonds is 8. The molecule has 1 amide bonds. The summed E-state index contributed by atoms with van der Waals surface area (Å²) in [5.74, 6) is 2.02. The van der Waals surface area contributed by atoms with Gasteiger partial charge >= 0.3 is 0 Å². The summed E-state index contributed by atoms with van der Waals surface area (Å²) in [6.45, 7) is 0.428. The van der Waals surface area contributed by atoms with Crippen LogP contribution >= 0.6 is 0 Å². The number of methoxy groups -OCH3 is 2. The SMILES string of the molecule is COc1ccc(-c2nc3cc(NC(=O)c4cccc(OCc5ccccc5)c4)ccc3o2)cc1OC. The molecule has 5 aromatic rings. The van der Waals surface area contributed by atoms with Crippen LogP contribution in [0.1, 0.15) is 15.9 Å². The summed E-state index contributed by atoms with van der Waals surface area (Å²) in [4.78, 5) is 17.5. The highest BCUT2D eigenvalue weighted by Gasteiger charge is 2.14. The van der Waals surface area contributed by atoms with Gasteiger partial charge in [0, 0.05) is 16.8 Å². The number of oxazole rings is 1. The van der Waals surface area contributed by atoms with Crippen LogP contribution < -0.4 is 19.5 Å². The first-order valence-corrected chi connectivity index (χ1v) is 11.3. The number of aromatic nitrogens is 1. The van der Waals surface area contributed by atoms with Gasteiger partial charge in [-0.1, -0.05) is 36.4 Å². The molecule has 1 aromatic heterocycles. The Balaban J connectivity index is 1.31. The first-order chi connectivity index (χ1) is 17.6. The van der Waals surface area contributed by atoms with E-state index in [1.165, 1.54) is 0 Å². The molecule has 180 valence electrons. The molecule has 4 aromatic carbocycles. The van der Waals surface area contributed by atoms with Gasteiger partial charge in [-0.05, 0) is 60.2 Å². The van der Waals surface area contributed by atoms with E-state index in [0.29, 0.717) is 52.1 Å². The fourth-order valence-corrected chi connectivity index (χ4v) is 3.77. The van der Waals surface area contributed by atoms with Crippen molar-refractivity contribution in [2.75, 3.05) is 19.5 Å². The quantitative estimate of drug-likeness (QED) is 0.279. The molecular weight excluding hydrogens is 456 g/mol. The topological polar surface area (TPSA) is 82.8 Å². The normalized spacial score (nSPS) is 10.7. The highest BCUT2D eigenvalue weighted by molar-refractivity contribution is 6.05. The molecule has 0 saturated carbocycles. The summed E-state index contributed by atoms with van der Waals surface area (Å²) in [5.41, 5.74) is 4.14. The number of anilines is 1. The molecule has 0 spiro atoms. The van der Waals surface area contributed by atoms with Crippen LogP contribution in [-0.2, 0) is 6.61 Å². The molecule has 0 radical (unpaired) electrons. The van der Waals surface area contributed by atoms with Crippen molar-refractivity contribution in [3.8, 4) is 28.7 Å². The van der Waals surface area contributed by atoms with Gasteiger partial charge in [-0.2, -0.15) is 0 Å². The first kappa shape index (κ1) is 23.0. The van der Waals surface area contributed by atoms with Gasteiger partial charge in [0.15, 0.2) is 17.1 Å². The number of ether oxygens (including phenoxy) is 3. The molecule has 0 aliphatic rings.